The first kappa shape index (κ1) is 14.9. The van der Waals surface area contributed by atoms with Gasteiger partial charge in [-0.15, -0.1) is 0 Å². The molecule has 2 atom stereocenters. The monoisotopic (exact) mass is 316 g/mol. The Hall–Kier alpha value is -2.68. The molecule has 3 nitrogen and oxygen atoms in total. The normalized spacial score (nSPS) is 25.6. The number of allylic oxidation sites excluding steroid dienone is 1. The van der Waals surface area contributed by atoms with E-state index in [0.717, 1.165) is 29.5 Å². The second-order valence-electron chi connectivity index (χ2n) is 6.25. The topological polar surface area (TPSA) is 38.7 Å². The van der Waals surface area contributed by atoms with E-state index in [4.69, 9.17) is 9.73 Å². The molecule has 1 heterocycles. The lowest BCUT2D eigenvalue weighted by Gasteiger charge is -2.28. The number of hydrogen-bond donors (Lipinski definition) is 0. The number of benzene rings is 2. The first-order valence-electron chi connectivity index (χ1n) is 8.17. The molecule has 2 aromatic rings. The van der Waals surface area contributed by atoms with Crippen LogP contribution in [0.15, 0.2) is 71.7 Å². The molecule has 0 saturated carbocycles. The third kappa shape index (κ3) is 2.28. The van der Waals surface area contributed by atoms with Gasteiger partial charge in [0.25, 0.3) is 0 Å². The van der Waals surface area contributed by atoms with Crippen molar-refractivity contribution in [3.63, 3.8) is 0 Å². The predicted molar refractivity (Wildman–Crippen MR) is 93.5 cm³/mol. The first-order valence-corrected chi connectivity index (χ1v) is 8.17. The number of carbonyl (C=O) groups excluding carboxylic acids is 1. The van der Waals surface area contributed by atoms with Gasteiger partial charge in [0.15, 0.2) is 5.54 Å². The van der Waals surface area contributed by atoms with E-state index < -0.39 is 5.54 Å². The molecule has 3 heteroatoms. The van der Waals surface area contributed by atoms with Crippen molar-refractivity contribution in [2.75, 3.05) is 0 Å². The van der Waals surface area contributed by atoms with Crippen molar-refractivity contribution in [3.8, 4) is 0 Å². The van der Waals surface area contributed by atoms with Gasteiger partial charge in [0, 0.05) is 11.5 Å². The summed E-state index contributed by atoms with van der Waals surface area (Å²) in [5.74, 6) is 0.121. The smallest absolute Gasteiger partial charge is 0.346 e. The van der Waals surface area contributed by atoms with Gasteiger partial charge in [0.2, 0.25) is 5.90 Å². The number of esters is 1. The average molecular weight is 316 g/mol. The van der Waals surface area contributed by atoms with Gasteiger partial charge in [0.1, 0.15) is 0 Å². The molecule has 0 aromatic heterocycles. The average Bonchev–Trinajstić information content (AvgIpc) is 3.25. The van der Waals surface area contributed by atoms with E-state index in [0.29, 0.717) is 5.90 Å². The number of nitrogens with zero attached hydrogens (tertiary/aromatic N) is 1. The second-order valence-corrected chi connectivity index (χ2v) is 6.25. The quantitative estimate of drug-likeness (QED) is 0.633. The summed E-state index contributed by atoms with van der Waals surface area (Å²) >= 11 is 0. The minimum absolute atomic E-state index is 0.0156. The van der Waals surface area contributed by atoms with Gasteiger partial charge in [-0.3, -0.25) is 0 Å². The van der Waals surface area contributed by atoms with Gasteiger partial charge >= 0.3 is 5.97 Å². The van der Waals surface area contributed by atoms with Gasteiger partial charge in [-0.2, -0.15) is 0 Å². The maximum Gasteiger partial charge on any atom is 0.346 e. The molecule has 2 aliphatic rings. The summed E-state index contributed by atoms with van der Waals surface area (Å²) in [6.45, 7) is 3.92. The Balaban J connectivity index is 1.87. The van der Waals surface area contributed by atoms with E-state index in [-0.39, 0.29) is 11.9 Å². The molecule has 0 N–H and O–H groups in total. The van der Waals surface area contributed by atoms with Gasteiger partial charge < -0.3 is 4.74 Å². The van der Waals surface area contributed by atoms with Crippen LogP contribution in [0.25, 0.3) is 0 Å². The van der Waals surface area contributed by atoms with Crippen LogP contribution in [0.2, 0.25) is 0 Å². The van der Waals surface area contributed by atoms with Crippen LogP contribution >= 0.6 is 0 Å². The fraction of sp³-hybridized carbons (Fsp3) is 0.190. The third-order valence-electron chi connectivity index (χ3n) is 4.74. The highest BCUT2D eigenvalue weighted by Crippen LogP contribution is 2.44. The number of carbonyl (C=O) groups is 1. The highest BCUT2D eigenvalue weighted by molar-refractivity contribution is 6.08. The number of aliphatic imine (C=N–C) groups is 1. The predicted octanol–water partition coefficient (Wildman–Crippen LogP) is 4.03. The lowest BCUT2D eigenvalue weighted by atomic mass is 9.78. The molecular formula is C21H18NO2. The van der Waals surface area contributed by atoms with Crippen LogP contribution in [0.1, 0.15) is 29.5 Å². The van der Waals surface area contributed by atoms with Crippen molar-refractivity contribution in [1.82, 2.24) is 0 Å². The molecule has 1 aliphatic carbocycles. The van der Waals surface area contributed by atoms with Gasteiger partial charge in [-0.1, -0.05) is 54.6 Å². The Morgan fingerprint density at radius 1 is 1.08 bits per heavy atom. The zero-order valence-electron chi connectivity index (χ0n) is 13.3. The number of cyclic esters (lactones) is 1. The molecular weight excluding hydrogens is 298 g/mol. The molecule has 4 rings (SSSR count). The Morgan fingerprint density at radius 2 is 1.83 bits per heavy atom. The van der Waals surface area contributed by atoms with Gasteiger partial charge in [-0.05, 0) is 43.0 Å². The fourth-order valence-corrected chi connectivity index (χ4v) is 3.47. The van der Waals surface area contributed by atoms with Crippen molar-refractivity contribution >= 4 is 11.9 Å². The Labute approximate surface area is 141 Å². The van der Waals surface area contributed by atoms with E-state index in [1.807, 2.05) is 54.6 Å². The van der Waals surface area contributed by atoms with Crippen molar-refractivity contribution in [1.29, 1.82) is 0 Å². The Bertz CT molecular complexity index is 821. The zero-order chi connectivity index (χ0) is 16.6. The van der Waals surface area contributed by atoms with E-state index in [2.05, 4.69) is 19.1 Å². The minimum atomic E-state index is -0.994. The van der Waals surface area contributed by atoms with Crippen LogP contribution in [0.4, 0.5) is 0 Å². The fourth-order valence-electron chi connectivity index (χ4n) is 3.47. The van der Waals surface area contributed by atoms with Crippen LogP contribution in [0.3, 0.4) is 0 Å². The Morgan fingerprint density at radius 3 is 2.50 bits per heavy atom. The number of hydrogen-bond acceptors (Lipinski definition) is 3. The Kier molecular flexibility index (Phi) is 3.57. The molecule has 24 heavy (non-hydrogen) atoms. The molecule has 0 spiro atoms. The SMILES string of the molecule is [CH2]c1ccc(C2(C3C=CCC3)N=C(c3ccccc3)OC2=O)cc1. The molecule has 2 unspecified atom stereocenters. The van der Waals surface area contributed by atoms with Crippen molar-refractivity contribution in [2.45, 2.75) is 18.4 Å². The summed E-state index contributed by atoms with van der Waals surface area (Å²) in [6.07, 6.45) is 6.07. The van der Waals surface area contributed by atoms with Crippen LogP contribution in [-0.2, 0) is 15.1 Å². The summed E-state index contributed by atoms with van der Waals surface area (Å²) < 4.78 is 5.62. The minimum Gasteiger partial charge on any atom is -0.405 e. The van der Waals surface area contributed by atoms with E-state index in [1.165, 1.54) is 0 Å². The molecule has 1 radical (unpaired) electrons. The maximum atomic E-state index is 13.0. The van der Waals surface area contributed by atoms with Crippen LogP contribution < -0.4 is 0 Å². The summed E-state index contributed by atoms with van der Waals surface area (Å²) in [7, 11) is 0. The summed E-state index contributed by atoms with van der Waals surface area (Å²) in [6, 6.07) is 17.3. The molecule has 0 fully saturated rings. The largest absolute Gasteiger partial charge is 0.405 e. The number of rotatable bonds is 3. The molecule has 0 saturated heterocycles. The lowest BCUT2D eigenvalue weighted by Crippen LogP contribution is -2.37. The van der Waals surface area contributed by atoms with Crippen LogP contribution in [0, 0.1) is 12.8 Å². The summed E-state index contributed by atoms with van der Waals surface area (Å²) in [5.41, 5.74) is 1.60. The standard InChI is InChI=1S/C21H18NO2/c1-15-11-13-18(14-12-15)21(17-9-5-6-10-17)20(23)24-19(22-21)16-7-3-2-4-8-16/h2-5,7-9,11-14,17H,1,6,10H2. The van der Waals surface area contributed by atoms with E-state index >= 15 is 0 Å². The van der Waals surface area contributed by atoms with Crippen LogP contribution in [0.5, 0.6) is 0 Å². The molecule has 2 aromatic carbocycles. The van der Waals surface area contributed by atoms with Gasteiger partial charge in [0.05, 0.1) is 0 Å². The molecule has 119 valence electrons. The third-order valence-corrected chi connectivity index (χ3v) is 4.74. The molecule has 0 amide bonds. The second kappa shape index (κ2) is 5.75. The van der Waals surface area contributed by atoms with Crippen molar-refractivity contribution < 1.29 is 9.53 Å². The van der Waals surface area contributed by atoms with Crippen LogP contribution in [-0.4, -0.2) is 11.9 Å². The number of ether oxygens (including phenoxy) is 1. The lowest BCUT2D eigenvalue weighted by molar-refractivity contribution is -0.140. The highest BCUT2D eigenvalue weighted by atomic mass is 16.6. The highest BCUT2D eigenvalue weighted by Gasteiger charge is 2.53. The molecule has 1 aliphatic heterocycles. The summed E-state index contributed by atoms with van der Waals surface area (Å²) in [4.78, 5) is 17.8. The zero-order valence-corrected chi connectivity index (χ0v) is 13.3. The summed E-state index contributed by atoms with van der Waals surface area (Å²) in [5, 5.41) is 0. The van der Waals surface area contributed by atoms with Crippen molar-refractivity contribution in [2.24, 2.45) is 10.9 Å². The van der Waals surface area contributed by atoms with Gasteiger partial charge in [-0.25, -0.2) is 9.79 Å². The van der Waals surface area contributed by atoms with E-state index in [1.54, 1.807) is 0 Å². The molecule has 0 bridgehead atoms. The van der Waals surface area contributed by atoms with E-state index in [9.17, 15) is 4.79 Å². The first-order chi connectivity index (χ1) is 11.7. The maximum absolute atomic E-state index is 13.0. The van der Waals surface area contributed by atoms with Crippen molar-refractivity contribution in [3.05, 3.63) is 90.4 Å².